The minimum absolute atomic E-state index is 0.615. The second-order valence-electron chi connectivity index (χ2n) is 2.37. The van der Waals surface area contributed by atoms with Crippen molar-refractivity contribution in [2.75, 3.05) is 0 Å². The highest BCUT2D eigenvalue weighted by Crippen LogP contribution is 2.21. The van der Waals surface area contributed by atoms with E-state index in [1.54, 1.807) is 18.7 Å². The summed E-state index contributed by atoms with van der Waals surface area (Å²) < 4.78 is 5.18. The fraction of sp³-hybridized carbons (Fsp3) is 0. The predicted octanol–water partition coefficient (Wildman–Crippen LogP) is 3.00. The van der Waals surface area contributed by atoms with E-state index in [-0.39, 0.29) is 0 Å². The molecule has 0 aliphatic rings. The summed E-state index contributed by atoms with van der Waals surface area (Å²) in [6, 6.07) is 5.51. The Hall–Kier alpha value is -1.28. The molecule has 60 valence electrons. The van der Waals surface area contributed by atoms with Crippen LogP contribution < -0.4 is 0 Å². The summed E-state index contributed by atoms with van der Waals surface area (Å²) in [6.45, 7) is 0. The van der Waals surface area contributed by atoms with Crippen LogP contribution in [0.5, 0.6) is 0 Å². The average Bonchev–Trinajstić information content (AvgIpc) is 2.56. The first-order chi connectivity index (χ1) is 5.86. The van der Waals surface area contributed by atoms with Gasteiger partial charge in [-0.2, -0.15) is 0 Å². The van der Waals surface area contributed by atoms with Crippen LogP contribution >= 0.6 is 11.6 Å². The van der Waals surface area contributed by atoms with Crippen molar-refractivity contribution in [2.45, 2.75) is 0 Å². The van der Waals surface area contributed by atoms with Crippen molar-refractivity contribution in [3.05, 3.63) is 41.9 Å². The monoisotopic (exact) mass is 179 g/mol. The zero-order valence-corrected chi connectivity index (χ0v) is 6.95. The Labute approximate surface area is 74.8 Å². The standard InChI is InChI=1S/C9H6ClNO/c10-8-4-7(5-11-6-8)9-2-1-3-12-9/h1-6H. The van der Waals surface area contributed by atoms with Gasteiger partial charge in [-0.25, -0.2) is 0 Å². The van der Waals surface area contributed by atoms with Crippen molar-refractivity contribution < 1.29 is 4.42 Å². The number of rotatable bonds is 1. The summed E-state index contributed by atoms with van der Waals surface area (Å²) in [5, 5.41) is 0.615. The van der Waals surface area contributed by atoms with Crippen LogP contribution in [-0.4, -0.2) is 4.98 Å². The van der Waals surface area contributed by atoms with E-state index < -0.39 is 0 Å². The van der Waals surface area contributed by atoms with Crippen LogP contribution in [0.2, 0.25) is 5.02 Å². The van der Waals surface area contributed by atoms with Gasteiger partial charge in [-0.15, -0.1) is 0 Å². The van der Waals surface area contributed by atoms with E-state index in [0.29, 0.717) is 5.02 Å². The Bertz CT molecular complexity index is 370. The maximum atomic E-state index is 5.76. The molecule has 0 radical (unpaired) electrons. The van der Waals surface area contributed by atoms with Gasteiger partial charge in [0.1, 0.15) is 5.76 Å². The Morgan fingerprint density at radius 2 is 2.25 bits per heavy atom. The topological polar surface area (TPSA) is 26.0 Å². The van der Waals surface area contributed by atoms with E-state index in [4.69, 9.17) is 16.0 Å². The second-order valence-corrected chi connectivity index (χ2v) is 2.81. The molecule has 0 fully saturated rings. The van der Waals surface area contributed by atoms with Crippen LogP contribution in [0.1, 0.15) is 0 Å². The van der Waals surface area contributed by atoms with Gasteiger partial charge in [0.05, 0.1) is 11.3 Å². The predicted molar refractivity (Wildman–Crippen MR) is 46.9 cm³/mol. The molecule has 0 bridgehead atoms. The highest BCUT2D eigenvalue weighted by atomic mass is 35.5. The van der Waals surface area contributed by atoms with E-state index >= 15 is 0 Å². The summed E-state index contributed by atoms with van der Waals surface area (Å²) in [5.41, 5.74) is 0.896. The zero-order chi connectivity index (χ0) is 8.39. The van der Waals surface area contributed by atoms with E-state index in [0.717, 1.165) is 11.3 Å². The van der Waals surface area contributed by atoms with Gasteiger partial charge in [0.25, 0.3) is 0 Å². The molecular weight excluding hydrogens is 174 g/mol. The largest absolute Gasteiger partial charge is 0.464 e. The molecule has 3 heteroatoms. The lowest BCUT2D eigenvalue weighted by atomic mass is 10.2. The first kappa shape index (κ1) is 7.37. The Balaban J connectivity index is 2.48. The Morgan fingerprint density at radius 3 is 2.92 bits per heavy atom. The van der Waals surface area contributed by atoms with Gasteiger partial charge >= 0.3 is 0 Å². The third-order valence-corrected chi connectivity index (χ3v) is 1.72. The van der Waals surface area contributed by atoms with Gasteiger partial charge < -0.3 is 4.42 Å². The molecule has 2 nitrogen and oxygen atoms in total. The van der Waals surface area contributed by atoms with Crippen LogP contribution in [0, 0.1) is 0 Å². The van der Waals surface area contributed by atoms with Gasteiger partial charge in [-0.05, 0) is 18.2 Å². The van der Waals surface area contributed by atoms with Crippen molar-refractivity contribution in [1.82, 2.24) is 4.98 Å². The Kier molecular flexibility index (Phi) is 1.84. The highest BCUT2D eigenvalue weighted by molar-refractivity contribution is 6.30. The molecule has 0 saturated heterocycles. The zero-order valence-electron chi connectivity index (χ0n) is 6.20. The number of halogens is 1. The maximum Gasteiger partial charge on any atom is 0.135 e. The number of nitrogens with zero attached hydrogens (tertiary/aromatic N) is 1. The molecule has 0 spiro atoms. The van der Waals surface area contributed by atoms with Crippen LogP contribution in [0.25, 0.3) is 11.3 Å². The molecule has 0 aromatic carbocycles. The van der Waals surface area contributed by atoms with Crippen molar-refractivity contribution in [3.63, 3.8) is 0 Å². The first-order valence-electron chi connectivity index (χ1n) is 3.51. The number of pyridine rings is 1. The molecule has 12 heavy (non-hydrogen) atoms. The molecule has 0 aliphatic carbocycles. The third-order valence-electron chi connectivity index (χ3n) is 1.51. The van der Waals surface area contributed by atoms with Gasteiger partial charge in [0, 0.05) is 18.0 Å². The average molecular weight is 180 g/mol. The molecule has 0 atom stereocenters. The summed E-state index contributed by atoms with van der Waals surface area (Å²) in [6.07, 6.45) is 4.93. The van der Waals surface area contributed by atoms with E-state index in [1.165, 1.54) is 0 Å². The lowest BCUT2D eigenvalue weighted by molar-refractivity contribution is 0.582. The Morgan fingerprint density at radius 1 is 1.33 bits per heavy atom. The molecule has 0 unspecified atom stereocenters. The van der Waals surface area contributed by atoms with Crippen LogP contribution in [0.3, 0.4) is 0 Å². The normalized spacial score (nSPS) is 10.1. The fourth-order valence-corrected chi connectivity index (χ4v) is 1.16. The molecule has 2 aromatic heterocycles. The van der Waals surface area contributed by atoms with Crippen molar-refractivity contribution in [2.24, 2.45) is 0 Å². The summed E-state index contributed by atoms with van der Waals surface area (Å²) in [5.74, 6) is 0.782. The van der Waals surface area contributed by atoms with E-state index in [9.17, 15) is 0 Å². The van der Waals surface area contributed by atoms with Crippen molar-refractivity contribution >= 4 is 11.6 Å². The molecule has 2 aromatic rings. The molecule has 0 amide bonds. The van der Waals surface area contributed by atoms with Crippen LogP contribution in [-0.2, 0) is 0 Å². The van der Waals surface area contributed by atoms with Crippen LogP contribution in [0.15, 0.2) is 41.3 Å². The second kappa shape index (κ2) is 2.99. The molecule has 2 heterocycles. The first-order valence-corrected chi connectivity index (χ1v) is 3.88. The minimum Gasteiger partial charge on any atom is -0.464 e. The van der Waals surface area contributed by atoms with Crippen molar-refractivity contribution in [3.8, 4) is 11.3 Å². The molecule has 0 saturated carbocycles. The fourth-order valence-electron chi connectivity index (χ4n) is 0.989. The lowest BCUT2D eigenvalue weighted by Crippen LogP contribution is -1.76. The SMILES string of the molecule is Clc1cncc(-c2ccco2)c1. The lowest BCUT2D eigenvalue weighted by Gasteiger charge is -1.94. The maximum absolute atomic E-state index is 5.76. The summed E-state index contributed by atoms with van der Waals surface area (Å²) >= 11 is 5.76. The minimum atomic E-state index is 0.615. The summed E-state index contributed by atoms with van der Waals surface area (Å²) in [4.78, 5) is 3.95. The molecular formula is C9H6ClNO. The number of furan rings is 1. The molecule has 0 N–H and O–H groups in total. The summed E-state index contributed by atoms with van der Waals surface area (Å²) in [7, 11) is 0. The smallest absolute Gasteiger partial charge is 0.135 e. The molecule has 0 aliphatic heterocycles. The highest BCUT2D eigenvalue weighted by Gasteiger charge is 2.00. The van der Waals surface area contributed by atoms with E-state index in [1.807, 2.05) is 18.2 Å². The number of aromatic nitrogens is 1. The van der Waals surface area contributed by atoms with Crippen LogP contribution in [0.4, 0.5) is 0 Å². The number of hydrogen-bond donors (Lipinski definition) is 0. The van der Waals surface area contributed by atoms with Crippen molar-refractivity contribution in [1.29, 1.82) is 0 Å². The number of hydrogen-bond acceptors (Lipinski definition) is 2. The van der Waals surface area contributed by atoms with E-state index in [2.05, 4.69) is 4.98 Å². The quantitative estimate of drug-likeness (QED) is 0.673. The van der Waals surface area contributed by atoms with Gasteiger partial charge in [-0.1, -0.05) is 11.6 Å². The van der Waals surface area contributed by atoms with Gasteiger partial charge in [0.2, 0.25) is 0 Å². The van der Waals surface area contributed by atoms with Gasteiger partial charge in [0.15, 0.2) is 0 Å². The van der Waals surface area contributed by atoms with Gasteiger partial charge in [-0.3, -0.25) is 4.98 Å². The third kappa shape index (κ3) is 1.34. The molecule has 2 rings (SSSR count).